The zero-order chi connectivity index (χ0) is 32.5. The van der Waals surface area contributed by atoms with Crippen molar-refractivity contribution in [3.63, 3.8) is 0 Å². The van der Waals surface area contributed by atoms with Crippen molar-refractivity contribution in [3.8, 4) is 5.75 Å². The maximum Gasteiger partial charge on any atom is 0.321 e. The summed E-state index contributed by atoms with van der Waals surface area (Å²) in [4.78, 5) is 55.6. The molecule has 0 spiro atoms. The Balaban J connectivity index is 2.29. The molecule has 0 aliphatic carbocycles. The van der Waals surface area contributed by atoms with E-state index < -0.39 is 36.0 Å². The lowest BCUT2D eigenvalue weighted by Crippen LogP contribution is -2.53. The van der Waals surface area contributed by atoms with Gasteiger partial charge in [0.2, 0.25) is 0 Å². The quantitative estimate of drug-likeness (QED) is 0.171. The molecule has 248 valence electrons. The number of hydrogen-bond acceptors (Lipinski definition) is 11. The number of benzene rings is 1. The summed E-state index contributed by atoms with van der Waals surface area (Å²) in [5.41, 5.74) is 0.796. The second kappa shape index (κ2) is 19.9. The minimum atomic E-state index is -1.02. The van der Waals surface area contributed by atoms with Crippen LogP contribution in [0.15, 0.2) is 24.3 Å². The Kier molecular flexibility index (Phi) is 16.7. The van der Waals surface area contributed by atoms with Gasteiger partial charge in [0.15, 0.2) is 0 Å². The molecule has 0 amide bonds. The highest BCUT2D eigenvalue weighted by atomic mass is 16.5. The fourth-order valence-corrected chi connectivity index (χ4v) is 5.17. The topological polar surface area (TPSA) is 170 Å². The van der Waals surface area contributed by atoms with Crippen molar-refractivity contribution < 1.29 is 48.7 Å². The van der Waals surface area contributed by atoms with E-state index in [2.05, 4.69) is 0 Å². The summed E-state index contributed by atoms with van der Waals surface area (Å²) < 4.78 is 15.8. The van der Waals surface area contributed by atoms with Crippen LogP contribution in [-0.4, -0.2) is 163 Å². The predicted molar refractivity (Wildman–Crippen MR) is 161 cm³/mol. The molecule has 1 fully saturated rings. The van der Waals surface area contributed by atoms with Crippen LogP contribution >= 0.6 is 0 Å². The Morgan fingerprint density at radius 2 is 1.27 bits per heavy atom. The molecular weight excluding hydrogens is 576 g/mol. The molecule has 3 N–H and O–H groups in total. The van der Waals surface area contributed by atoms with Crippen molar-refractivity contribution in [2.45, 2.75) is 38.8 Å². The Bertz CT molecular complexity index is 1040. The Morgan fingerprint density at radius 1 is 0.750 bits per heavy atom. The third kappa shape index (κ3) is 13.1. The second-order valence-corrected chi connectivity index (χ2v) is 10.6. The lowest BCUT2D eigenvalue weighted by atomic mass is 10.0. The van der Waals surface area contributed by atoms with E-state index in [0.29, 0.717) is 58.2 Å². The third-order valence-corrected chi connectivity index (χ3v) is 7.64. The van der Waals surface area contributed by atoms with E-state index in [1.807, 2.05) is 24.0 Å². The Labute approximate surface area is 259 Å². The molecule has 1 aromatic carbocycles. The highest BCUT2D eigenvalue weighted by Gasteiger charge is 2.30. The van der Waals surface area contributed by atoms with E-state index in [-0.39, 0.29) is 45.7 Å². The summed E-state index contributed by atoms with van der Waals surface area (Å²) >= 11 is 0. The van der Waals surface area contributed by atoms with Gasteiger partial charge in [-0.25, -0.2) is 0 Å². The Hall–Kier alpha value is -3.30. The number of hydrogen-bond donors (Lipinski definition) is 3. The van der Waals surface area contributed by atoms with Crippen molar-refractivity contribution in [2.24, 2.45) is 0 Å². The van der Waals surface area contributed by atoms with Gasteiger partial charge < -0.3 is 29.5 Å². The van der Waals surface area contributed by atoms with Crippen LogP contribution in [0.3, 0.4) is 0 Å². The van der Waals surface area contributed by atoms with Gasteiger partial charge in [0.05, 0.1) is 26.8 Å². The molecule has 1 heterocycles. The average molecular weight is 625 g/mol. The number of nitrogens with zero attached hydrogens (tertiary/aromatic N) is 4. The molecule has 2 unspecified atom stereocenters. The molecule has 44 heavy (non-hydrogen) atoms. The molecular formula is C30H48N4O10. The van der Waals surface area contributed by atoms with E-state index in [1.165, 1.54) is 7.11 Å². The molecule has 0 bridgehead atoms. The first-order chi connectivity index (χ1) is 21.1. The Morgan fingerprint density at radius 3 is 1.73 bits per heavy atom. The van der Waals surface area contributed by atoms with Crippen molar-refractivity contribution in [2.75, 3.05) is 92.4 Å². The zero-order valence-corrected chi connectivity index (χ0v) is 26.1. The van der Waals surface area contributed by atoms with Crippen LogP contribution in [0, 0.1) is 0 Å². The van der Waals surface area contributed by atoms with E-state index in [0.717, 1.165) is 5.56 Å². The number of aliphatic carboxylic acids is 3. The number of rotatable bonds is 16. The number of methoxy groups -OCH3 is 1. The van der Waals surface area contributed by atoms with E-state index in [4.69, 9.17) is 14.2 Å². The number of carboxylic acid groups (broad SMARTS) is 3. The molecule has 1 aliphatic rings. The number of carbonyl (C=O) groups is 4. The molecule has 1 saturated heterocycles. The molecule has 14 nitrogen and oxygen atoms in total. The van der Waals surface area contributed by atoms with Gasteiger partial charge in [-0.2, -0.15) is 0 Å². The van der Waals surface area contributed by atoms with Gasteiger partial charge in [0.1, 0.15) is 24.4 Å². The summed E-state index contributed by atoms with van der Waals surface area (Å²) in [6, 6.07) is 5.54. The average Bonchev–Trinajstić information content (AvgIpc) is 2.98. The van der Waals surface area contributed by atoms with Gasteiger partial charge >= 0.3 is 23.9 Å². The van der Waals surface area contributed by atoms with Crippen LogP contribution in [-0.2, 0) is 35.1 Å². The van der Waals surface area contributed by atoms with Crippen LogP contribution in [0.25, 0.3) is 0 Å². The fraction of sp³-hybridized carbons (Fsp3) is 0.667. The third-order valence-electron chi connectivity index (χ3n) is 7.64. The van der Waals surface area contributed by atoms with Gasteiger partial charge in [-0.1, -0.05) is 19.1 Å². The van der Waals surface area contributed by atoms with Crippen molar-refractivity contribution >= 4 is 23.9 Å². The van der Waals surface area contributed by atoms with E-state index >= 15 is 0 Å². The van der Waals surface area contributed by atoms with Crippen molar-refractivity contribution in [1.82, 2.24) is 19.6 Å². The van der Waals surface area contributed by atoms with Crippen molar-refractivity contribution in [3.05, 3.63) is 29.8 Å². The van der Waals surface area contributed by atoms with Gasteiger partial charge in [0.25, 0.3) is 0 Å². The van der Waals surface area contributed by atoms with Crippen LogP contribution < -0.4 is 4.74 Å². The molecule has 0 saturated carbocycles. The SMILES string of the molecule is CCOCCOc1ccc(CC(C(=O)O)N2CCN(CC(=O)O)CCN(C(CC)C(=O)O)CCN(CC(=O)OC)CC2)cc1. The van der Waals surface area contributed by atoms with Crippen LogP contribution in [0.1, 0.15) is 25.8 Å². The lowest BCUT2D eigenvalue weighted by molar-refractivity contribution is -0.146. The monoisotopic (exact) mass is 624 g/mol. The fourth-order valence-electron chi connectivity index (χ4n) is 5.17. The van der Waals surface area contributed by atoms with Crippen LogP contribution in [0.4, 0.5) is 0 Å². The number of carboxylic acids is 3. The minimum Gasteiger partial charge on any atom is -0.491 e. The molecule has 0 radical (unpaired) electrons. The second-order valence-electron chi connectivity index (χ2n) is 10.6. The number of ether oxygens (including phenoxy) is 3. The van der Waals surface area contributed by atoms with E-state index in [1.54, 1.807) is 33.8 Å². The normalized spacial score (nSPS) is 18.0. The molecule has 1 aromatic rings. The molecule has 2 rings (SSSR count). The van der Waals surface area contributed by atoms with Crippen LogP contribution in [0.5, 0.6) is 5.75 Å². The number of esters is 1. The molecule has 0 aromatic heterocycles. The first kappa shape index (κ1) is 36.9. The predicted octanol–water partition coefficient (Wildman–Crippen LogP) is 0.440. The zero-order valence-electron chi connectivity index (χ0n) is 26.1. The van der Waals surface area contributed by atoms with Gasteiger partial charge in [-0.3, -0.25) is 38.8 Å². The van der Waals surface area contributed by atoms with Gasteiger partial charge in [-0.15, -0.1) is 0 Å². The van der Waals surface area contributed by atoms with Crippen molar-refractivity contribution in [1.29, 1.82) is 0 Å². The highest BCUT2D eigenvalue weighted by Crippen LogP contribution is 2.17. The van der Waals surface area contributed by atoms with Gasteiger partial charge in [-0.05, 0) is 37.5 Å². The summed E-state index contributed by atoms with van der Waals surface area (Å²) in [5, 5.41) is 29.6. The summed E-state index contributed by atoms with van der Waals surface area (Å²) in [6.45, 7) is 7.23. The van der Waals surface area contributed by atoms with Crippen LogP contribution in [0.2, 0.25) is 0 Å². The standard InChI is InChI=1S/C30H48N4O10/c1-4-25(29(38)39)33-14-10-31(21-27(35)36)11-16-34(17-13-32(12-15-33)22-28(37)42-3)26(30(40)41)20-23-6-8-24(9-7-23)44-19-18-43-5-2/h6-9,25-26H,4-5,10-22H2,1-3H3,(H,35,36)(H,38,39)(H,40,41). The summed E-state index contributed by atoms with van der Waals surface area (Å²) in [5.74, 6) is -2.81. The lowest BCUT2D eigenvalue weighted by Gasteiger charge is -2.37. The smallest absolute Gasteiger partial charge is 0.321 e. The first-order valence-corrected chi connectivity index (χ1v) is 15.0. The minimum absolute atomic E-state index is 0.0321. The maximum absolute atomic E-state index is 12.6. The maximum atomic E-state index is 12.6. The number of carbonyl (C=O) groups excluding carboxylic acids is 1. The molecule has 2 atom stereocenters. The van der Waals surface area contributed by atoms with Gasteiger partial charge in [0, 0.05) is 59.0 Å². The van der Waals surface area contributed by atoms with E-state index in [9.17, 15) is 34.5 Å². The molecule has 14 heteroatoms. The highest BCUT2D eigenvalue weighted by molar-refractivity contribution is 5.74. The first-order valence-electron chi connectivity index (χ1n) is 15.0. The molecule has 1 aliphatic heterocycles. The summed E-state index contributed by atoms with van der Waals surface area (Å²) in [6.07, 6.45) is 0.564. The summed E-state index contributed by atoms with van der Waals surface area (Å²) in [7, 11) is 1.29. The largest absolute Gasteiger partial charge is 0.491 e.